The quantitative estimate of drug-likeness (QED) is 0.0480. The highest BCUT2D eigenvalue weighted by Crippen LogP contribution is 2.30. The van der Waals surface area contributed by atoms with Gasteiger partial charge >= 0.3 is 23.9 Å². The summed E-state index contributed by atoms with van der Waals surface area (Å²) in [6, 6.07) is 10.3. The summed E-state index contributed by atoms with van der Waals surface area (Å²) < 4.78 is 43.8. The number of carbonyl (C=O) groups is 4. The monoisotopic (exact) mass is 692 g/mol. The van der Waals surface area contributed by atoms with Crippen molar-refractivity contribution in [3.05, 3.63) is 96.1 Å². The first-order valence-corrected chi connectivity index (χ1v) is 15.6. The number of hydrogen-bond acceptors (Lipinski definition) is 12. The summed E-state index contributed by atoms with van der Waals surface area (Å²) in [6.07, 6.45) is 3.57. The van der Waals surface area contributed by atoms with E-state index in [-0.39, 0.29) is 75.1 Å². The summed E-state index contributed by atoms with van der Waals surface area (Å²) in [6.45, 7) is 20.7. The molecule has 0 N–H and O–H groups in total. The Balaban J connectivity index is 2.26. The Morgan fingerprint density at radius 1 is 0.460 bits per heavy atom. The topological polar surface area (TPSA) is 142 Å². The molecule has 0 unspecified atom stereocenters. The first-order chi connectivity index (χ1) is 23.8. The average Bonchev–Trinajstić information content (AvgIpc) is 3.08. The van der Waals surface area contributed by atoms with Crippen LogP contribution in [0, 0.1) is 0 Å². The van der Waals surface area contributed by atoms with E-state index < -0.39 is 23.9 Å². The molecule has 0 heterocycles. The van der Waals surface area contributed by atoms with Gasteiger partial charge in [-0.2, -0.15) is 0 Å². The highest BCUT2D eigenvalue weighted by atomic mass is 16.6. The molecule has 2 aromatic carbocycles. The molecule has 0 radical (unpaired) electrons. The van der Waals surface area contributed by atoms with Crippen LogP contribution in [0.5, 0.6) is 23.0 Å². The number of carbonyl (C=O) groups excluding carboxylic acids is 4. The molecule has 0 aliphatic heterocycles. The van der Waals surface area contributed by atoms with Gasteiger partial charge in [0.1, 0.15) is 75.9 Å². The zero-order valence-electron chi connectivity index (χ0n) is 29.0. The fraction of sp³-hybridized carbons (Fsp3) is 0.316. The minimum Gasteiger partial charge on any atom is -0.490 e. The van der Waals surface area contributed by atoms with E-state index >= 15 is 0 Å². The lowest BCUT2D eigenvalue weighted by Crippen LogP contribution is -2.13. The van der Waals surface area contributed by atoms with E-state index in [0.29, 0.717) is 34.1 Å². The standard InChI is InChI=1S/C38H44O12/c1-25(2)35(39)47-19-15-43-31-13-11-29(33(23-31)45-17-21-49-37(41)27(5)6)9-10-30-12-14-32(44-16-20-48-36(40)26(3)4)24-34(30)46-18-22-50-38(42)28(7)8/h9-14,23-24H,1,3,5,7,15-22H2,2,4,6,8H3. The van der Waals surface area contributed by atoms with Gasteiger partial charge in [-0.3, -0.25) is 0 Å². The van der Waals surface area contributed by atoms with E-state index in [0.717, 1.165) is 0 Å². The zero-order valence-corrected chi connectivity index (χ0v) is 29.0. The van der Waals surface area contributed by atoms with E-state index in [1.165, 1.54) is 0 Å². The van der Waals surface area contributed by atoms with Gasteiger partial charge in [-0.15, -0.1) is 0 Å². The Morgan fingerprint density at radius 3 is 1.02 bits per heavy atom. The minimum absolute atomic E-state index is 0.0153. The first kappa shape index (κ1) is 40.4. The third kappa shape index (κ3) is 15.0. The number of benzene rings is 2. The molecule has 0 aliphatic carbocycles. The molecule has 0 saturated carbocycles. The van der Waals surface area contributed by atoms with E-state index in [4.69, 9.17) is 37.9 Å². The van der Waals surface area contributed by atoms with Gasteiger partial charge in [0, 0.05) is 45.6 Å². The van der Waals surface area contributed by atoms with Crippen molar-refractivity contribution in [2.75, 3.05) is 52.9 Å². The SMILES string of the molecule is C=C(C)C(=O)OCCOc1ccc(C=Cc2ccc(OCCOC(=O)C(=C)C)cc2OCCOC(=O)C(=C)C)c(OCCOC(=O)C(=C)C)c1. The second-order valence-corrected chi connectivity index (χ2v) is 10.8. The second kappa shape index (κ2) is 21.2. The average molecular weight is 693 g/mol. The molecular formula is C38H44O12. The van der Waals surface area contributed by atoms with Crippen LogP contribution in [-0.2, 0) is 38.1 Å². The number of esters is 4. The summed E-state index contributed by atoms with van der Waals surface area (Å²) in [7, 11) is 0. The third-order valence-corrected chi connectivity index (χ3v) is 6.12. The number of ether oxygens (including phenoxy) is 8. The maximum Gasteiger partial charge on any atom is 0.333 e. The van der Waals surface area contributed by atoms with E-state index in [1.54, 1.807) is 76.2 Å². The Labute approximate surface area is 292 Å². The summed E-state index contributed by atoms with van der Waals surface area (Å²) >= 11 is 0. The van der Waals surface area contributed by atoms with Crippen molar-refractivity contribution in [2.45, 2.75) is 27.7 Å². The van der Waals surface area contributed by atoms with Crippen LogP contribution in [0.4, 0.5) is 0 Å². The van der Waals surface area contributed by atoms with Crippen LogP contribution in [0.1, 0.15) is 38.8 Å². The molecule has 0 bridgehead atoms. The molecule has 268 valence electrons. The van der Waals surface area contributed by atoms with Crippen molar-refractivity contribution >= 4 is 36.0 Å². The van der Waals surface area contributed by atoms with Crippen LogP contribution in [0.25, 0.3) is 12.2 Å². The van der Waals surface area contributed by atoms with Gasteiger partial charge in [0.25, 0.3) is 0 Å². The van der Waals surface area contributed by atoms with E-state index in [2.05, 4.69) is 26.3 Å². The van der Waals surface area contributed by atoms with Crippen molar-refractivity contribution in [3.63, 3.8) is 0 Å². The van der Waals surface area contributed by atoms with Crippen molar-refractivity contribution in [1.82, 2.24) is 0 Å². The molecule has 12 nitrogen and oxygen atoms in total. The third-order valence-electron chi connectivity index (χ3n) is 6.12. The Hall–Kier alpha value is -5.78. The van der Waals surface area contributed by atoms with Crippen molar-refractivity contribution < 1.29 is 57.1 Å². The molecule has 2 rings (SSSR count). The molecule has 0 aromatic heterocycles. The van der Waals surface area contributed by atoms with E-state index in [9.17, 15) is 19.2 Å². The maximum atomic E-state index is 11.8. The van der Waals surface area contributed by atoms with Crippen molar-refractivity contribution in [2.24, 2.45) is 0 Å². The van der Waals surface area contributed by atoms with Gasteiger partial charge in [0.15, 0.2) is 0 Å². The molecule has 50 heavy (non-hydrogen) atoms. The molecule has 0 atom stereocenters. The molecule has 0 aliphatic rings. The summed E-state index contributed by atoms with van der Waals surface area (Å²) in [5.74, 6) is -0.346. The highest BCUT2D eigenvalue weighted by molar-refractivity contribution is 5.88. The summed E-state index contributed by atoms with van der Waals surface area (Å²) in [5.41, 5.74) is 2.41. The predicted octanol–water partition coefficient (Wildman–Crippen LogP) is 5.85. The minimum atomic E-state index is -0.530. The van der Waals surface area contributed by atoms with Crippen LogP contribution < -0.4 is 18.9 Å². The van der Waals surface area contributed by atoms with Gasteiger partial charge in [-0.25, -0.2) is 19.2 Å². The molecule has 0 spiro atoms. The van der Waals surface area contributed by atoms with Crippen LogP contribution in [0.2, 0.25) is 0 Å². The number of rotatable bonds is 22. The summed E-state index contributed by atoms with van der Waals surface area (Å²) in [4.78, 5) is 46.9. The van der Waals surface area contributed by atoms with Crippen molar-refractivity contribution in [3.8, 4) is 23.0 Å². The van der Waals surface area contributed by atoms with E-state index in [1.807, 2.05) is 0 Å². The van der Waals surface area contributed by atoms with Gasteiger partial charge in [-0.05, 0) is 52.0 Å². The highest BCUT2D eigenvalue weighted by Gasteiger charge is 2.11. The van der Waals surface area contributed by atoms with Gasteiger partial charge in [-0.1, -0.05) is 38.5 Å². The largest absolute Gasteiger partial charge is 0.490 e. The predicted molar refractivity (Wildman–Crippen MR) is 187 cm³/mol. The van der Waals surface area contributed by atoms with Gasteiger partial charge in [0.2, 0.25) is 0 Å². The summed E-state index contributed by atoms with van der Waals surface area (Å²) in [5, 5.41) is 0. The first-order valence-electron chi connectivity index (χ1n) is 15.6. The Bertz CT molecular complexity index is 1480. The molecule has 0 fully saturated rings. The Morgan fingerprint density at radius 2 is 0.740 bits per heavy atom. The normalized spacial score (nSPS) is 10.4. The lowest BCUT2D eigenvalue weighted by molar-refractivity contribution is -0.140. The van der Waals surface area contributed by atoms with Crippen LogP contribution in [0.3, 0.4) is 0 Å². The number of hydrogen-bond donors (Lipinski definition) is 0. The lowest BCUT2D eigenvalue weighted by Gasteiger charge is -2.14. The fourth-order valence-electron chi connectivity index (χ4n) is 3.57. The van der Waals surface area contributed by atoms with Crippen LogP contribution in [0.15, 0.2) is 85.0 Å². The fourth-order valence-corrected chi connectivity index (χ4v) is 3.57. The molecule has 0 saturated heterocycles. The Kier molecular flexibility index (Phi) is 17.2. The van der Waals surface area contributed by atoms with Gasteiger partial charge in [0.05, 0.1) is 0 Å². The molecule has 0 amide bonds. The van der Waals surface area contributed by atoms with Gasteiger partial charge < -0.3 is 37.9 Å². The smallest absolute Gasteiger partial charge is 0.333 e. The molecular weight excluding hydrogens is 648 g/mol. The zero-order chi connectivity index (χ0) is 37.1. The van der Waals surface area contributed by atoms with Crippen molar-refractivity contribution in [1.29, 1.82) is 0 Å². The van der Waals surface area contributed by atoms with Crippen LogP contribution >= 0.6 is 0 Å². The second-order valence-electron chi connectivity index (χ2n) is 10.8. The molecule has 2 aromatic rings. The van der Waals surface area contributed by atoms with Crippen LogP contribution in [-0.4, -0.2) is 76.7 Å². The lowest BCUT2D eigenvalue weighted by atomic mass is 10.1. The molecule has 12 heteroatoms. The maximum absolute atomic E-state index is 11.8.